The Morgan fingerprint density at radius 3 is 2.33 bits per heavy atom. The summed E-state index contributed by atoms with van der Waals surface area (Å²) in [6, 6.07) is -0.139. The van der Waals surface area contributed by atoms with E-state index in [4.69, 9.17) is 5.11 Å². The summed E-state index contributed by atoms with van der Waals surface area (Å²) in [6.45, 7) is 7.80. The molecule has 0 rings (SSSR count). The van der Waals surface area contributed by atoms with E-state index < -0.39 is 0 Å². The normalized spacial score (nSPS) is 14.1. The van der Waals surface area contributed by atoms with Crippen LogP contribution in [0.4, 0.5) is 0 Å². The molecule has 0 saturated carbocycles. The van der Waals surface area contributed by atoms with Crippen molar-refractivity contribution >= 4 is 5.91 Å². The summed E-state index contributed by atoms with van der Waals surface area (Å²) in [7, 11) is 0. The highest BCUT2D eigenvalue weighted by Crippen LogP contribution is 2.17. The molecule has 12 heavy (non-hydrogen) atoms. The standard InChI is InChI=1S/C9H19NO2/c1-7(6-11)10-8(12)5-9(2,3)4/h7,11H,5-6H2,1-4H3,(H,10,12)/t7-/m1/s1. The van der Waals surface area contributed by atoms with Crippen molar-refractivity contribution in [3.8, 4) is 0 Å². The van der Waals surface area contributed by atoms with Crippen LogP contribution in [0.3, 0.4) is 0 Å². The molecule has 3 nitrogen and oxygen atoms in total. The molecule has 0 aromatic heterocycles. The molecule has 0 unspecified atom stereocenters. The minimum atomic E-state index is -0.139. The Hall–Kier alpha value is -0.570. The highest BCUT2D eigenvalue weighted by molar-refractivity contribution is 5.76. The number of amides is 1. The zero-order valence-electron chi connectivity index (χ0n) is 8.35. The van der Waals surface area contributed by atoms with Crippen molar-refractivity contribution < 1.29 is 9.90 Å². The lowest BCUT2D eigenvalue weighted by atomic mass is 9.92. The summed E-state index contributed by atoms with van der Waals surface area (Å²) in [5.41, 5.74) is 0.0132. The molecule has 0 fully saturated rings. The van der Waals surface area contributed by atoms with E-state index in [0.717, 1.165) is 0 Å². The molecule has 0 aromatic carbocycles. The van der Waals surface area contributed by atoms with E-state index in [1.54, 1.807) is 6.92 Å². The molecule has 72 valence electrons. The minimum Gasteiger partial charge on any atom is -0.394 e. The second kappa shape index (κ2) is 4.45. The van der Waals surface area contributed by atoms with E-state index in [1.807, 2.05) is 20.8 Å². The number of carbonyl (C=O) groups is 1. The Morgan fingerprint density at radius 1 is 1.50 bits per heavy atom. The molecule has 2 N–H and O–H groups in total. The van der Waals surface area contributed by atoms with Crippen LogP contribution in [-0.4, -0.2) is 23.7 Å². The van der Waals surface area contributed by atoms with Gasteiger partial charge in [-0.1, -0.05) is 20.8 Å². The van der Waals surface area contributed by atoms with E-state index in [1.165, 1.54) is 0 Å². The van der Waals surface area contributed by atoms with Crippen molar-refractivity contribution in [3.05, 3.63) is 0 Å². The lowest BCUT2D eigenvalue weighted by molar-refractivity contribution is -0.123. The van der Waals surface area contributed by atoms with Gasteiger partial charge in [0, 0.05) is 12.5 Å². The number of hydrogen-bond acceptors (Lipinski definition) is 2. The number of rotatable bonds is 3. The lowest BCUT2D eigenvalue weighted by Crippen LogP contribution is -2.36. The Kier molecular flexibility index (Phi) is 4.24. The van der Waals surface area contributed by atoms with Gasteiger partial charge in [-0.15, -0.1) is 0 Å². The Balaban J connectivity index is 3.75. The van der Waals surface area contributed by atoms with E-state index in [0.29, 0.717) is 6.42 Å². The summed E-state index contributed by atoms with van der Waals surface area (Å²) < 4.78 is 0. The Morgan fingerprint density at radius 2 is 2.00 bits per heavy atom. The molecule has 0 aliphatic heterocycles. The molecule has 0 aliphatic carbocycles. The van der Waals surface area contributed by atoms with Crippen LogP contribution in [0.25, 0.3) is 0 Å². The Labute approximate surface area is 74.2 Å². The maximum atomic E-state index is 11.2. The molecule has 0 spiro atoms. The van der Waals surface area contributed by atoms with Crippen LogP contribution in [0, 0.1) is 5.41 Å². The third kappa shape index (κ3) is 6.16. The largest absolute Gasteiger partial charge is 0.394 e. The van der Waals surface area contributed by atoms with E-state index in [-0.39, 0.29) is 24.0 Å². The van der Waals surface area contributed by atoms with Crippen LogP contribution in [0.1, 0.15) is 34.1 Å². The van der Waals surface area contributed by atoms with Crippen LogP contribution in [-0.2, 0) is 4.79 Å². The zero-order valence-corrected chi connectivity index (χ0v) is 8.35. The molecule has 0 heterocycles. The fraction of sp³-hybridized carbons (Fsp3) is 0.889. The van der Waals surface area contributed by atoms with E-state index in [9.17, 15) is 4.79 Å². The zero-order chi connectivity index (χ0) is 9.78. The minimum absolute atomic E-state index is 0.00375. The second-order valence-electron chi connectivity index (χ2n) is 4.39. The maximum Gasteiger partial charge on any atom is 0.220 e. The van der Waals surface area contributed by atoms with Gasteiger partial charge in [0.05, 0.1) is 6.61 Å². The highest BCUT2D eigenvalue weighted by atomic mass is 16.3. The molecule has 0 saturated heterocycles. The van der Waals surface area contributed by atoms with Crippen molar-refractivity contribution in [3.63, 3.8) is 0 Å². The van der Waals surface area contributed by atoms with Crippen LogP contribution >= 0.6 is 0 Å². The molecule has 0 aromatic rings. The predicted octanol–water partition coefficient (Wildman–Crippen LogP) is 0.920. The van der Waals surface area contributed by atoms with Crippen molar-refractivity contribution in [1.29, 1.82) is 0 Å². The summed E-state index contributed by atoms with van der Waals surface area (Å²) in [6.07, 6.45) is 0.497. The van der Waals surface area contributed by atoms with Crippen LogP contribution in [0.2, 0.25) is 0 Å². The SMILES string of the molecule is C[C@H](CO)NC(=O)CC(C)(C)C. The van der Waals surface area contributed by atoms with Crippen molar-refractivity contribution in [1.82, 2.24) is 5.32 Å². The first-order valence-corrected chi connectivity index (χ1v) is 4.25. The van der Waals surface area contributed by atoms with Gasteiger partial charge in [-0.05, 0) is 12.3 Å². The van der Waals surface area contributed by atoms with Gasteiger partial charge >= 0.3 is 0 Å². The first-order valence-electron chi connectivity index (χ1n) is 4.25. The molecule has 3 heteroatoms. The smallest absolute Gasteiger partial charge is 0.220 e. The maximum absolute atomic E-state index is 11.2. The first-order chi connectivity index (χ1) is 5.35. The van der Waals surface area contributed by atoms with Crippen LogP contribution < -0.4 is 5.32 Å². The fourth-order valence-electron chi connectivity index (χ4n) is 0.853. The molecule has 0 radical (unpaired) electrons. The highest BCUT2D eigenvalue weighted by Gasteiger charge is 2.16. The van der Waals surface area contributed by atoms with E-state index in [2.05, 4.69) is 5.32 Å². The third-order valence-electron chi connectivity index (χ3n) is 1.37. The van der Waals surface area contributed by atoms with Gasteiger partial charge < -0.3 is 10.4 Å². The quantitative estimate of drug-likeness (QED) is 0.666. The summed E-state index contributed by atoms with van der Waals surface area (Å²) in [5, 5.41) is 11.4. The topological polar surface area (TPSA) is 49.3 Å². The van der Waals surface area contributed by atoms with Crippen LogP contribution in [0.15, 0.2) is 0 Å². The van der Waals surface area contributed by atoms with Gasteiger partial charge in [-0.3, -0.25) is 4.79 Å². The fourth-order valence-corrected chi connectivity index (χ4v) is 0.853. The van der Waals surface area contributed by atoms with Gasteiger partial charge in [0.1, 0.15) is 0 Å². The van der Waals surface area contributed by atoms with Gasteiger partial charge in [-0.25, -0.2) is 0 Å². The number of aliphatic hydroxyl groups is 1. The number of nitrogens with one attached hydrogen (secondary N) is 1. The molecule has 1 atom stereocenters. The van der Waals surface area contributed by atoms with Gasteiger partial charge in [-0.2, -0.15) is 0 Å². The summed E-state index contributed by atoms with van der Waals surface area (Å²) in [4.78, 5) is 11.2. The Bertz CT molecular complexity index is 149. The lowest BCUT2D eigenvalue weighted by Gasteiger charge is -2.19. The number of aliphatic hydroxyl groups excluding tert-OH is 1. The number of hydrogen-bond donors (Lipinski definition) is 2. The first kappa shape index (κ1) is 11.4. The van der Waals surface area contributed by atoms with Gasteiger partial charge in [0.2, 0.25) is 5.91 Å². The summed E-state index contributed by atoms with van der Waals surface area (Å²) in [5.74, 6) is 0.00375. The average Bonchev–Trinajstić information content (AvgIpc) is 1.82. The summed E-state index contributed by atoms with van der Waals surface area (Å²) >= 11 is 0. The van der Waals surface area contributed by atoms with Gasteiger partial charge in [0.25, 0.3) is 0 Å². The molecular formula is C9H19NO2. The molecule has 1 amide bonds. The van der Waals surface area contributed by atoms with E-state index >= 15 is 0 Å². The van der Waals surface area contributed by atoms with Crippen molar-refractivity contribution in [2.75, 3.05) is 6.61 Å². The third-order valence-corrected chi connectivity index (χ3v) is 1.37. The van der Waals surface area contributed by atoms with Crippen molar-refractivity contribution in [2.45, 2.75) is 40.2 Å². The van der Waals surface area contributed by atoms with Crippen LogP contribution in [0.5, 0.6) is 0 Å². The monoisotopic (exact) mass is 173 g/mol. The van der Waals surface area contributed by atoms with Crippen molar-refractivity contribution in [2.24, 2.45) is 5.41 Å². The van der Waals surface area contributed by atoms with Gasteiger partial charge in [0.15, 0.2) is 0 Å². The average molecular weight is 173 g/mol. The molecule has 0 bridgehead atoms. The second-order valence-corrected chi connectivity index (χ2v) is 4.39. The molecule has 0 aliphatic rings. The number of carbonyl (C=O) groups excluding carboxylic acids is 1. The molecular weight excluding hydrogens is 154 g/mol. The predicted molar refractivity (Wildman–Crippen MR) is 48.8 cm³/mol.